The standard InChI is InChI=1S/C20H20N2O6S3/c1-22(2)31(26,27)16-8-5-7-15(13-16)14-28-20(23)17-9-3-4-10-18(17)21-30(24,25)19-11-6-12-29-19/h3-13,21H,14H2,1-2H3. The predicted molar refractivity (Wildman–Crippen MR) is 118 cm³/mol. The van der Waals surface area contributed by atoms with Crippen LogP contribution in [0.5, 0.6) is 0 Å². The van der Waals surface area contributed by atoms with E-state index < -0.39 is 26.0 Å². The number of hydrogen-bond donors (Lipinski definition) is 1. The summed E-state index contributed by atoms with van der Waals surface area (Å²) in [5.41, 5.74) is 0.609. The van der Waals surface area contributed by atoms with E-state index in [1.54, 1.807) is 35.7 Å². The first-order valence-corrected chi connectivity index (χ1v) is 12.8. The zero-order valence-corrected chi connectivity index (χ0v) is 19.1. The van der Waals surface area contributed by atoms with Gasteiger partial charge in [0.15, 0.2) is 0 Å². The summed E-state index contributed by atoms with van der Waals surface area (Å²) in [5.74, 6) is -0.745. The molecule has 0 radical (unpaired) electrons. The van der Waals surface area contributed by atoms with Crippen molar-refractivity contribution in [1.29, 1.82) is 0 Å². The molecule has 0 unspecified atom stereocenters. The molecule has 1 aromatic heterocycles. The van der Waals surface area contributed by atoms with Gasteiger partial charge in [-0.1, -0.05) is 30.3 Å². The zero-order valence-electron chi connectivity index (χ0n) is 16.7. The number of sulfonamides is 2. The van der Waals surface area contributed by atoms with Gasteiger partial charge in [0.1, 0.15) is 10.8 Å². The maximum atomic E-state index is 12.6. The Morgan fingerprint density at radius 1 is 1.00 bits per heavy atom. The van der Waals surface area contributed by atoms with Crippen molar-refractivity contribution in [3.63, 3.8) is 0 Å². The molecule has 3 rings (SSSR count). The lowest BCUT2D eigenvalue weighted by Crippen LogP contribution is -2.22. The van der Waals surface area contributed by atoms with Crippen molar-refractivity contribution < 1.29 is 26.4 Å². The first kappa shape index (κ1) is 22.9. The van der Waals surface area contributed by atoms with Gasteiger partial charge in [-0.3, -0.25) is 4.72 Å². The van der Waals surface area contributed by atoms with Gasteiger partial charge in [-0.15, -0.1) is 11.3 Å². The van der Waals surface area contributed by atoms with E-state index in [0.717, 1.165) is 15.6 Å². The fraction of sp³-hybridized carbons (Fsp3) is 0.150. The van der Waals surface area contributed by atoms with Crippen LogP contribution in [-0.2, 0) is 31.4 Å². The van der Waals surface area contributed by atoms with E-state index in [4.69, 9.17) is 4.74 Å². The van der Waals surface area contributed by atoms with Gasteiger partial charge in [-0.2, -0.15) is 0 Å². The number of hydrogen-bond acceptors (Lipinski definition) is 7. The van der Waals surface area contributed by atoms with E-state index in [2.05, 4.69) is 4.72 Å². The molecule has 0 spiro atoms. The minimum atomic E-state index is -3.83. The molecular formula is C20H20N2O6S3. The number of nitrogens with zero attached hydrogens (tertiary/aromatic N) is 1. The minimum Gasteiger partial charge on any atom is -0.457 e. The van der Waals surface area contributed by atoms with Gasteiger partial charge in [0, 0.05) is 14.1 Å². The molecule has 1 heterocycles. The third kappa shape index (κ3) is 5.31. The number of carbonyl (C=O) groups is 1. The van der Waals surface area contributed by atoms with Crippen molar-refractivity contribution in [3.8, 4) is 0 Å². The van der Waals surface area contributed by atoms with Crippen molar-refractivity contribution in [2.45, 2.75) is 15.7 Å². The number of rotatable bonds is 8. The molecule has 0 aliphatic rings. The summed E-state index contributed by atoms with van der Waals surface area (Å²) in [4.78, 5) is 12.7. The summed E-state index contributed by atoms with van der Waals surface area (Å²) >= 11 is 1.06. The van der Waals surface area contributed by atoms with Crippen LogP contribution in [-0.4, -0.2) is 41.2 Å². The van der Waals surface area contributed by atoms with Gasteiger partial charge in [0.25, 0.3) is 10.0 Å². The molecule has 0 aliphatic heterocycles. The number of para-hydroxylation sites is 1. The van der Waals surface area contributed by atoms with Crippen LogP contribution in [0.2, 0.25) is 0 Å². The second-order valence-electron chi connectivity index (χ2n) is 6.59. The molecule has 2 aromatic carbocycles. The number of anilines is 1. The Balaban J connectivity index is 1.77. The van der Waals surface area contributed by atoms with Crippen LogP contribution in [0.25, 0.3) is 0 Å². The second-order valence-corrected chi connectivity index (χ2v) is 11.6. The highest BCUT2D eigenvalue weighted by Gasteiger charge is 2.21. The Bertz CT molecular complexity index is 1280. The van der Waals surface area contributed by atoms with Crippen LogP contribution in [0, 0.1) is 0 Å². The van der Waals surface area contributed by atoms with Gasteiger partial charge in [0.2, 0.25) is 10.0 Å². The van der Waals surface area contributed by atoms with Gasteiger partial charge in [-0.05, 0) is 41.3 Å². The summed E-state index contributed by atoms with van der Waals surface area (Å²) in [6.07, 6.45) is 0. The van der Waals surface area contributed by atoms with E-state index in [-0.39, 0.29) is 27.0 Å². The summed E-state index contributed by atoms with van der Waals surface area (Å²) < 4.78 is 58.5. The number of benzene rings is 2. The Hall–Kier alpha value is -2.73. The molecule has 0 fully saturated rings. The number of nitrogens with one attached hydrogen (secondary N) is 1. The minimum absolute atomic E-state index is 0.0414. The fourth-order valence-electron chi connectivity index (χ4n) is 2.59. The summed E-state index contributed by atoms with van der Waals surface area (Å²) in [7, 11) is -4.60. The maximum Gasteiger partial charge on any atom is 0.340 e. The summed E-state index contributed by atoms with van der Waals surface area (Å²) in [6, 6.07) is 15.2. The Morgan fingerprint density at radius 3 is 2.42 bits per heavy atom. The zero-order chi connectivity index (χ0) is 22.6. The molecule has 0 aliphatic carbocycles. The van der Waals surface area contributed by atoms with Gasteiger partial charge < -0.3 is 4.74 Å². The highest BCUT2D eigenvalue weighted by molar-refractivity contribution is 7.94. The van der Waals surface area contributed by atoms with E-state index in [0.29, 0.717) is 5.56 Å². The molecule has 0 amide bonds. The lowest BCUT2D eigenvalue weighted by Gasteiger charge is -2.13. The lowest BCUT2D eigenvalue weighted by atomic mass is 10.2. The Morgan fingerprint density at radius 2 is 1.74 bits per heavy atom. The first-order chi connectivity index (χ1) is 14.6. The third-order valence-electron chi connectivity index (χ3n) is 4.20. The van der Waals surface area contributed by atoms with Crippen molar-refractivity contribution in [3.05, 3.63) is 77.2 Å². The Labute approximate surface area is 185 Å². The molecule has 0 atom stereocenters. The molecule has 164 valence electrons. The van der Waals surface area contributed by atoms with Crippen LogP contribution in [0.4, 0.5) is 5.69 Å². The number of ether oxygens (including phenoxy) is 1. The van der Waals surface area contributed by atoms with E-state index >= 15 is 0 Å². The monoisotopic (exact) mass is 480 g/mol. The van der Waals surface area contributed by atoms with Crippen molar-refractivity contribution in [2.75, 3.05) is 18.8 Å². The SMILES string of the molecule is CN(C)S(=O)(=O)c1cccc(COC(=O)c2ccccc2NS(=O)(=O)c2cccs2)c1. The van der Waals surface area contributed by atoms with Crippen molar-refractivity contribution >= 4 is 43.0 Å². The average Bonchev–Trinajstić information content (AvgIpc) is 3.28. The predicted octanol–water partition coefficient (Wildman–Crippen LogP) is 3.16. The molecule has 11 heteroatoms. The molecular weight excluding hydrogens is 460 g/mol. The van der Waals surface area contributed by atoms with Crippen LogP contribution in [0.15, 0.2) is 75.1 Å². The van der Waals surface area contributed by atoms with E-state index in [1.165, 1.54) is 44.4 Å². The molecule has 3 aromatic rings. The van der Waals surface area contributed by atoms with E-state index in [9.17, 15) is 21.6 Å². The van der Waals surface area contributed by atoms with Gasteiger partial charge in [-0.25, -0.2) is 25.9 Å². The fourth-order valence-corrected chi connectivity index (χ4v) is 5.64. The van der Waals surface area contributed by atoms with Crippen molar-refractivity contribution in [2.24, 2.45) is 0 Å². The second kappa shape index (κ2) is 9.18. The largest absolute Gasteiger partial charge is 0.457 e. The highest BCUT2D eigenvalue weighted by Crippen LogP contribution is 2.24. The molecule has 8 nitrogen and oxygen atoms in total. The quantitative estimate of drug-likeness (QED) is 0.496. The number of carbonyl (C=O) groups excluding carboxylic acids is 1. The van der Waals surface area contributed by atoms with Gasteiger partial charge in [0.05, 0.1) is 16.1 Å². The maximum absolute atomic E-state index is 12.6. The Kier molecular flexibility index (Phi) is 6.80. The topological polar surface area (TPSA) is 110 Å². The molecule has 0 saturated heterocycles. The lowest BCUT2D eigenvalue weighted by molar-refractivity contribution is 0.0474. The van der Waals surface area contributed by atoms with E-state index in [1.807, 2.05) is 0 Å². The normalized spacial score (nSPS) is 12.0. The molecule has 0 bridgehead atoms. The molecule has 0 saturated carbocycles. The summed E-state index contributed by atoms with van der Waals surface area (Å²) in [6.45, 7) is -0.179. The average molecular weight is 481 g/mol. The third-order valence-corrected chi connectivity index (χ3v) is 8.77. The van der Waals surface area contributed by atoms with Crippen LogP contribution in [0.3, 0.4) is 0 Å². The smallest absolute Gasteiger partial charge is 0.340 e. The highest BCUT2D eigenvalue weighted by atomic mass is 32.2. The van der Waals surface area contributed by atoms with Crippen LogP contribution < -0.4 is 4.72 Å². The number of esters is 1. The molecule has 31 heavy (non-hydrogen) atoms. The first-order valence-electron chi connectivity index (χ1n) is 8.95. The number of thiophene rings is 1. The summed E-state index contributed by atoms with van der Waals surface area (Å²) in [5, 5.41) is 1.64. The van der Waals surface area contributed by atoms with Crippen LogP contribution >= 0.6 is 11.3 Å². The van der Waals surface area contributed by atoms with Crippen molar-refractivity contribution in [1.82, 2.24) is 4.31 Å². The van der Waals surface area contributed by atoms with Gasteiger partial charge >= 0.3 is 5.97 Å². The van der Waals surface area contributed by atoms with Crippen LogP contribution in [0.1, 0.15) is 15.9 Å². The molecule has 1 N–H and O–H groups in total.